The van der Waals surface area contributed by atoms with Crippen LogP contribution in [0, 0.1) is 0 Å². The third kappa shape index (κ3) is 7.54. The maximum atomic E-state index is 11.6. The minimum atomic E-state index is -0.941. The lowest BCUT2D eigenvalue weighted by Gasteiger charge is -2.22. The van der Waals surface area contributed by atoms with Gasteiger partial charge >= 0.3 is 5.97 Å². The normalized spacial score (nSPS) is 11.4. The second-order valence-electron chi connectivity index (χ2n) is 5.23. The van der Waals surface area contributed by atoms with Gasteiger partial charge in [-0.1, -0.05) is 30.3 Å². The molecule has 5 nitrogen and oxygen atoms in total. The van der Waals surface area contributed by atoms with Gasteiger partial charge in [0.25, 0.3) is 0 Å². The fraction of sp³-hybridized carbons (Fsp3) is 0.588. The lowest BCUT2D eigenvalue weighted by atomic mass is 10.1. The quantitative estimate of drug-likeness (QED) is 0.464. The lowest BCUT2D eigenvalue weighted by Crippen LogP contribution is -2.37. The fourth-order valence-corrected chi connectivity index (χ4v) is 1.70. The van der Waals surface area contributed by atoms with Crippen LogP contribution in [0.5, 0.6) is 0 Å². The smallest absolute Gasteiger partial charge is 0.337 e. The van der Waals surface area contributed by atoms with Crippen LogP contribution in [0.15, 0.2) is 30.3 Å². The minimum Gasteiger partial charge on any atom is -0.464 e. The predicted octanol–water partition coefficient (Wildman–Crippen LogP) is 2.58. The highest BCUT2D eigenvalue weighted by Crippen LogP contribution is 2.11. The Balaban J connectivity index is 2.00. The number of hydrogen-bond acceptors (Lipinski definition) is 5. The summed E-state index contributed by atoms with van der Waals surface area (Å²) in [4.78, 5) is 11.6. The van der Waals surface area contributed by atoms with Crippen LogP contribution in [0.3, 0.4) is 0 Å². The Bertz CT molecular complexity index is 416. The lowest BCUT2D eigenvalue weighted by molar-refractivity contribution is -0.169. The molecule has 0 radical (unpaired) electrons. The van der Waals surface area contributed by atoms with E-state index < -0.39 is 5.60 Å². The molecule has 0 fully saturated rings. The summed E-state index contributed by atoms with van der Waals surface area (Å²) >= 11 is 0. The van der Waals surface area contributed by atoms with E-state index in [2.05, 4.69) is 0 Å². The van der Waals surface area contributed by atoms with Gasteiger partial charge < -0.3 is 18.9 Å². The second-order valence-corrected chi connectivity index (χ2v) is 5.23. The molecule has 0 aliphatic heterocycles. The molecule has 0 unspecified atom stereocenters. The topological polar surface area (TPSA) is 54.0 Å². The molecular formula is C17H26O5. The van der Waals surface area contributed by atoms with Crippen LogP contribution in [-0.4, -0.2) is 44.6 Å². The molecule has 0 aromatic heterocycles. The molecule has 0 bridgehead atoms. The third-order valence-electron chi connectivity index (χ3n) is 2.94. The first kappa shape index (κ1) is 18.6. The molecular weight excluding hydrogens is 284 g/mol. The van der Waals surface area contributed by atoms with E-state index in [9.17, 15) is 4.79 Å². The molecule has 1 aromatic carbocycles. The van der Waals surface area contributed by atoms with Crippen LogP contribution in [0.1, 0.15) is 26.3 Å². The van der Waals surface area contributed by atoms with Gasteiger partial charge in [0.1, 0.15) is 0 Å². The maximum absolute atomic E-state index is 11.6. The molecule has 0 aliphatic rings. The minimum absolute atomic E-state index is 0.338. The number of rotatable bonds is 11. The molecule has 5 heteroatoms. The van der Waals surface area contributed by atoms with Gasteiger partial charge in [-0.3, -0.25) is 0 Å². The number of esters is 1. The summed E-state index contributed by atoms with van der Waals surface area (Å²) in [6.45, 7) is 7.85. The molecule has 0 amide bonds. The van der Waals surface area contributed by atoms with E-state index in [0.29, 0.717) is 39.6 Å². The second kappa shape index (κ2) is 10.3. The fourth-order valence-electron chi connectivity index (χ4n) is 1.70. The van der Waals surface area contributed by atoms with Crippen molar-refractivity contribution in [2.45, 2.75) is 33.0 Å². The zero-order valence-corrected chi connectivity index (χ0v) is 13.7. The van der Waals surface area contributed by atoms with E-state index >= 15 is 0 Å². The number of carbonyl (C=O) groups is 1. The summed E-state index contributed by atoms with van der Waals surface area (Å²) < 4.78 is 21.3. The van der Waals surface area contributed by atoms with Crippen molar-refractivity contribution < 1.29 is 23.7 Å². The van der Waals surface area contributed by atoms with Crippen molar-refractivity contribution in [1.29, 1.82) is 0 Å². The highest BCUT2D eigenvalue weighted by atomic mass is 16.6. The van der Waals surface area contributed by atoms with Gasteiger partial charge in [0.05, 0.1) is 39.6 Å². The van der Waals surface area contributed by atoms with E-state index in [-0.39, 0.29) is 5.97 Å². The zero-order valence-electron chi connectivity index (χ0n) is 13.7. The van der Waals surface area contributed by atoms with Crippen LogP contribution in [0.2, 0.25) is 0 Å². The van der Waals surface area contributed by atoms with Crippen molar-refractivity contribution in [2.75, 3.05) is 33.0 Å². The summed E-state index contributed by atoms with van der Waals surface area (Å²) in [5, 5.41) is 0. The van der Waals surface area contributed by atoms with Crippen LogP contribution < -0.4 is 0 Å². The molecule has 0 spiro atoms. The molecule has 124 valence electrons. The highest BCUT2D eigenvalue weighted by molar-refractivity contribution is 5.78. The maximum Gasteiger partial charge on any atom is 0.337 e. The van der Waals surface area contributed by atoms with Gasteiger partial charge in [-0.05, 0) is 26.3 Å². The summed E-state index contributed by atoms with van der Waals surface area (Å²) in [7, 11) is 0. The summed E-state index contributed by atoms with van der Waals surface area (Å²) in [5.41, 5.74) is 0.199. The Hall–Kier alpha value is -1.43. The summed E-state index contributed by atoms with van der Waals surface area (Å²) in [6, 6.07) is 9.98. The van der Waals surface area contributed by atoms with E-state index in [1.165, 1.54) is 0 Å². The van der Waals surface area contributed by atoms with E-state index in [1.807, 2.05) is 30.3 Å². The molecule has 0 saturated heterocycles. The predicted molar refractivity (Wildman–Crippen MR) is 83.6 cm³/mol. The van der Waals surface area contributed by atoms with Crippen LogP contribution >= 0.6 is 0 Å². The van der Waals surface area contributed by atoms with Crippen molar-refractivity contribution in [1.82, 2.24) is 0 Å². The summed E-state index contributed by atoms with van der Waals surface area (Å²) in [6.07, 6.45) is 0. The highest BCUT2D eigenvalue weighted by Gasteiger charge is 2.29. The molecule has 0 aliphatic carbocycles. The first-order valence-electron chi connectivity index (χ1n) is 7.57. The van der Waals surface area contributed by atoms with Crippen molar-refractivity contribution in [3.8, 4) is 0 Å². The molecule has 0 heterocycles. The Labute approximate surface area is 132 Å². The van der Waals surface area contributed by atoms with Crippen molar-refractivity contribution >= 4 is 5.97 Å². The number of benzene rings is 1. The molecule has 0 atom stereocenters. The Kier molecular flexibility index (Phi) is 8.74. The molecule has 1 aromatic rings. The van der Waals surface area contributed by atoms with Crippen molar-refractivity contribution in [3.63, 3.8) is 0 Å². The van der Waals surface area contributed by atoms with Crippen LogP contribution in [0.4, 0.5) is 0 Å². The Morgan fingerprint density at radius 2 is 1.64 bits per heavy atom. The molecule has 0 N–H and O–H groups in total. The number of carbonyl (C=O) groups excluding carboxylic acids is 1. The van der Waals surface area contributed by atoms with Gasteiger partial charge in [0.15, 0.2) is 5.60 Å². The molecule has 1 rings (SSSR count). The molecule has 0 saturated carbocycles. The zero-order chi connectivity index (χ0) is 16.3. The van der Waals surface area contributed by atoms with Crippen LogP contribution in [-0.2, 0) is 30.3 Å². The van der Waals surface area contributed by atoms with Gasteiger partial charge in [-0.15, -0.1) is 0 Å². The number of hydrogen-bond donors (Lipinski definition) is 0. The Morgan fingerprint density at radius 1 is 1.00 bits per heavy atom. The van der Waals surface area contributed by atoms with Gasteiger partial charge in [0, 0.05) is 0 Å². The van der Waals surface area contributed by atoms with Gasteiger partial charge in [0.2, 0.25) is 0 Å². The number of ether oxygens (including phenoxy) is 4. The van der Waals surface area contributed by atoms with Gasteiger partial charge in [-0.2, -0.15) is 0 Å². The van der Waals surface area contributed by atoms with Crippen LogP contribution in [0.25, 0.3) is 0 Å². The Morgan fingerprint density at radius 3 is 2.32 bits per heavy atom. The average molecular weight is 310 g/mol. The average Bonchev–Trinajstić information content (AvgIpc) is 2.51. The summed E-state index contributed by atoms with van der Waals surface area (Å²) in [5.74, 6) is -0.360. The first-order chi connectivity index (χ1) is 10.6. The van der Waals surface area contributed by atoms with E-state index in [0.717, 1.165) is 5.56 Å². The van der Waals surface area contributed by atoms with E-state index in [1.54, 1.807) is 20.8 Å². The largest absolute Gasteiger partial charge is 0.464 e. The standard InChI is InChI=1S/C17H26O5/c1-4-21-16(18)17(2,3)22-13-12-19-10-11-20-14-15-8-6-5-7-9-15/h5-9H,4,10-14H2,1-3H3. The SMILES string of the molecule is CCOC(=O)C(C)(C)OCCOCCOCc1ccccc1. The van der Waals surface area contributed by atoms with Crippen molar-refractivity contribution in [3.05, 3.63) is 35.9 Å². The molecule has 22 heavy (non-hydrogen) atoms. The van der Waals surface area contributed by atoms with Crippen molar-refractivity contribution in [2.24, 2.45) is 0 Å². The third-order valence-corrected chi connectivity index (χ3v) is 2.94. The van der Waals surface area contributed by atoms with E-state index in [4.69, 9.17) is 18.9 Å². The van der Waals surface area contributed by atoms with Gasteiger partial charge in [-0.25, -0.2) is 4.79 Å². The first-order valence-corrected chi connectivity index (χ1v) is 7.57. The monoisotopic (exact) mass is 310 g/mol.